The summed E-state index contributed by atoms with van der Waals surface area (Å²) in [4.78, 5) is 21.6. The van der Waals surface area contributed by atoms with Gasteiger partial charge in [-0.05, 0) is 30.6 Å². The first-order valence-corrected chi connectivity index (χ1v) is 14.4. The number of methoxy groups -OCH3 is 1. The van der Waals surface area contributed by atoms with E-state index in [1.54, 1.807) is 7.11 Å². The van der Waals surface area contributed by atoms with Gasteiger partial charge < -0.3 is 24.5 Å². The van der Waals surface area contributed by atoms with Crippen molar-refractivity contribution in [2.24, 2.45) is 0 Å². The van der Waals surface area contributed by atoms with E-state index in [4.69, 9.17) is 29.1 Å². The molecule has 0 amide bonds. The Labute approximate surface area is 180 Å². The molecule has 0 aliphatic carbocycles. The number of unbranched alkanes of at least 4 members (excludes halogenated alkanes) is 11. The second-order valence-corrected chi connectivity index (χ2v) is 10.0. The molecule has 0 aromatic rings. The minimum absolute atomic E-state index is 0.0190. The number of hydrogen-bond acceptors (Lipinski definition) is 5. The van der Waals surface area contributed by atoms with E-state index in [2.05, 4.69) is 6.26 Å². The number of thioether (sulfide) groups is 2. The molecule has 0 saturated carbocycles. The Morgan fingerprint density at radius 3 is 1.46 bits per heavy atom. The van der Waals surface area contributed by atoms with Crippen molar-refractivity contribution in [1.82, 2.24) is 0 Å². The van der Waals surface area contributed by atoms with Crippen molar-refractivity contribution in [3.63, 3.8) is 0 Å². The summed E-state index contributed by atoms with van der Waals surface area (Å²) in [6, 6.07) is 0. The summed E-state index contributed by atoms with van der Waals surface area (Å²) in [6.45, 7) is 0.140. The van der Waals surface area contributed by atoms with Crippen molar-refractivity contribution in [2.45, 2.75) is 83.2 Å². The summed E-state index contributed by atoms with van der Waals surface area (Å²) in [5, 5.41) is 9.01. The fourth-order valence-electron chi connectivity index (χ4n) is 2.63. The molecule has 0 rings (SSSR count). The fraction of sp³-hybridized carbons (Fsp3) is 1.00. The van der Waals surface area contributed by atoms with Gasteiger partial charge in [0.1, 0.15) is 0 Å². The highest BCUT2D eigenvalue weighted by Crippen LogP contribution is 2.25. The first-order chi connectivity index (χ1) is 13.3. The Hall–Kier alpha value is 0.730. The van der Waals surface area contributed by atoms with E-state index in [1.165, 1.54) is 88.6 Å². The summed E-state index contributed by atoms with van der Waals surface area (Å²) in [6.07, 6.45) is 19.2. The Kier molecular flexibility index (Phi) is 26.5. The maximum atomic E-state index is 9.01. The lowest BCUT2D eigenvalue weighted by Gasteiger charge is -2.11. The molecular formula is C19H43O6PS2. The quantitative estimate of drug-likeness (QED) is 0.160. The van der Waals surface area contributed by atoms with Crippen LogP contribution in [0.5, 0.6) is 0 Å². The lowest BCUT2D eigenvalue weighted by Crippen LogP contribution is -2.18. The molecule has 1 atom stereocenters. The van der Waals surface area contributed by atoms with E-state index < -0.39 is 7.82 Å². The molecule has 172 valence electrons. The lowest BCUT2D eigenvalue weighted by molar-refractivity contribution is 0.0656. The standard InChI is InChI=1S/C19H40O2S2.H3O4P/c1-21-19(17-20)18-23-16-14-12-10-8-6-4-3-5-7-9-11-13-15-22-2;1-5(2,3)4/h19-20H,3-18H2,1-2H3;(H3,1,2,3,4). The minimum atomic E-state index is -4.64. The Morgan fingerprint density at radius 1 is 0.786 bits per heavy atom. The van der Waals surface area contributed by atoms with Crippen LogP contribution in [0.4, 0.5) is 0 Å². The van der Waals surface area contributed by atoms with Gasteiger partial charge in [0.05, 0.1) is 12.7 Å². The Balaban J connectivity index is 0. The van der Waals surface area contributed by atoms with E-state index in [0.717, 1.165) is 5.75 Å². The average Bonchev–Trinajstić information content (AvgIpc) is 2.63. The van der Waals surface area contributed by atoms with E-state index in [9.17, 15) is 0 Å². The summed E-state index contributed by atoms with van der Waals surface area (Å²) >= 11 is 3.88. The van der Waals surface area contributed by atoms with E-state index in [1.807, 2.05) is 23.5 Å². The normalized spacial score (nSPS) is 12.5. The number of aliphatic hydroxyl groups excluding tert-OH is 1. The summed E-state index contributed by atoms with van der Waals surface area (Å²) in [5.41, 5.74) is 0. The largest absolute Gasteiger partial charge is 0.466 e. The van der Waals surface area contributed by atoms with Crippen LogP contribution in [0.15, 0.2) is 0 Å². The first-order valence-electron chi connectivity index (χ1n) is 10.3. The molecule has 9 heteroatoms. The topological polar surface area (TPSA) is 107 Å². The summed E-state index contributed by atoms with van der Waals surface area (Å²) in [7, 11) is -2.97. The molecule has 0 bridgehead atoms. The zero-order chi connectivity index (χ0) is 21.5. The van der Waals surface area contributed by atoms with Crippen LogP contribution in [0, 0.1) is 0 Å². The second-order valence-electron chi connectivity index (χ2n) is 6.86. The highest BCUT2D eigenvalue weighted by atomic mass is 32.2. The third kappa shape index (κ3) is 34.3. The number of phosphoric acid groups is 1. The third-order valence-electron chi connectivity index (χ3n) is 4.23. The zero-order valence-corrected chi connectivity index (χ0v) is 20.3. The van der Waals surface area contributed by atoms with Gasteiger partial charge in [-0.3, -0.25) is 0 Å². The van der Waals surface area contributed by atoms with Gasteiger partial charge in [0.25, 0.3) is 0 Å². The Morgan fingerprint density at radius 2 is 1.14 bits per heavy atom. The predicted octanol–water partition coefficient (Wildman–Crippen LogP) is 4.84. The molecule has 1 unspecified atom stereocenters. The van der Waals surface area contributed by atoms with Crippen molar-refractivity contribution >= 4 is 31.3 Å². The van der Waals surface area contributed by atoms with Crippen LogP contribution in [0.3, 0.4) is 0 Å². The molecule has 6 nitrogen and oxygen atoms in total. The van der Waals surface area contributed by atoms with Crippen LogP contribution in [0.1, 0.15) is 77.0 Å². The van der Waals surface area contributed by atoms with Crippen molar-refractivity contribution < 1.29 is 29.1 Å². The monoisotopic (exact) mass is 462 g/mol. The molecule has 0 aliphatic heterocycles. The molecule has 0 radical (unpaired) electrons. The van der Waals surface area contributed by atoms with Gasteiger partial charge in [0, 0.05) is 12.9 Å². The number of hydrogen-bond donors (Lipinski definition) is 4. The molecule has 0 fully saturated rings. The maximum absolute atomic E-state index is 9.01. The molecule has 28 heavy (non-hydrogen) atoms. The van der Waals surface area contributed by atoms with Crippen molar-refractivity contribution in [3.8, 4) is 0 Å². The average molecular weight is 463 g/mol. The van der Waals surface area contributed by atoms with Crippen LogP contribution in [0.25, 0.3) is 0 Å². The SMILES string of the molecule is COC(CO)CSCCCCCCCCCCCCCCSC.O=P(O)(O)O. The molecular weight excluding hydrogens is 419 g/mol. The second kappa shape index (κ2) is 24.0. The van der Waals surface area contributed by atoms with Gasteiger partial charge in [0.15, 0.2) is 0 Å². The highest BCUT2D eigenvalue weighted by Gasteiger charge is 2.04. The Bertz CT molecular complexity index is 332. The van der Waals surface area contributed by atoms with Gasteiger partial charge in [0.2, 0.25) is 0 Å². The van der Waals surface area contributed by atoms with Crippen LogP contribution < -0.4 is 0 Å². The minimum Gasteiger partial charge on any atom is -0.394 e. The number of rotatable bonds is 19. The predicted molar refractivity (Wildman–Crippen MR) is 123 cm³/mol. The summed E-state index contributed by atoms with van der Waals surface area (Å²) < 4.78 is 14.0. The van der Waals surface area contributed by atoms with Crippen LogP contribution in [0.2, 0.25) is 0 Å². The molecule has 0 aromatic heterocycles. The van der Waals surface area contributed by atoms with E-state index >= 15 is 0 Å². The van der Waals surface area contributed by atoms with Gasteiger partial charge in [-0.2, -0.15) is 23.5 Å². The van der Waals surface area contributed by atoms with Crippen molar-refractivity contribution in [3.05, 3.63) is 0 Å². The summed E-state index contributed by atoms with van der Waals surface area (Å²) in [5.74, 6) is 3.47. The van der Waals surface area contributed by atoms with Gasteiger partial charge in [-0.25, -0.2) is 4.57 Å². The fourth-order valence-corrected chi connectivity index (χ4v) is 4.20. The molecule has 0 spiro atoms. The van der Waals surface area contributed by atoms with Crippen molar-refractivity contribution in [2.75, 3.05) is 37.2 Å². The van der Waals surface area contributed by atoms with Gasteiger partial charge in [-0.15, -0.1) is 0 Å². The van der Waals surface area contributed by atoms with Crippen LogP contribution in [-0.2, 0) is 9.30 Å². The third-order valence-corrected chi connectivity index (χ3v) is 6.11. The molecule has 0 aromatic carbocycles. The van der Waals surface area contributed by atoms with Crippen LogP contribution >= 0.6 is 31.3 Å². The highest BCUT2D eigenvalue weighted by molar-refractivity contribution is 7.99. The first kappa shape index (κ1) is 30.9. The maximum Gasteiger partial charge on any atom is 0.466 e. The smallest absolute Gasteiger partial charge is 0.394 e. The molecule has 0 saturated heterocycles. The lowest BCUT2D eigenvalue weighted by atomic mass is 10.1. The van der Waals surface area contributed by atoms with Crippen molar-refractivity contribution in [1.29, 1.82) is 0 Å². The number of aliphatic hydroxyl groups is 1. The molecule has 0 aliphatic rings. The van der Waals surface area contributed by atoms with Crippen LogP contribution in [-0.4, -0.2) is 63.1 Å². The molecule has 4 N–H and O–H groups in total. The van der Waals surface area contributed by atoms with E-state index in [-0.39, 0.29) is 12.7 Å². The van der Waals surface area contributed by atoms with Gasteiger partial charge in [-0.1, -0.05) is 64.2 Å². The van der Waals surface area contributed by atoms with E-state index in [0.29, 0.717) is 0 Å². The molecule has 0 heterocycles. The zero-order valence-electron chi connectivity index (χ0n) is 17.8. The van der Waals surface area contributed by atoms with Gasteiger partial charge >= 0.3 is 7.82 Å². The number of ether oxygens (including phenoxy) is 1.